The first-order valence-electron chi connectivity index (χ1n) is 6.20. The average Bonchev–Trinajstić information content (AvgIpc) is 2.41. The van der Waals surface area contributed by atoms with Crippen LogP contribution in [0.5, 0.6) is 0 Å². The molecule has 4 atom stereocenters. The topological polar surface area (TPSA) is 179 Å². The first-order valence-corrected chi connectivity index (χ1v) is 6.83. The highest BCUT2D eigenvalue weighted by Gasteiger charge is 2.30. The zero-order valence-electron chi connectivity index (χ0n) is 11.7. The molecule has 0 aliphatic rings. The molecule has 0 bridgehead atoms. The molecule has 0 fully saturated rings. The van der Waals surface area contributed by atoms with Crippen LogP contribution in [0.15, 0.2) is 0 Å². The second-order valence-corrected chi connectivity index (χ2v) is 4.87. The monoisotopic (exact) mass is 337 g/mol. The van der Waals surface area contributed by atoms with E-state index in [1.54, 1.807) is 0 Å². The largest absolute Gasteiger partial charge is 0.481 e. The Kier molecular flexibility index (Phi) is 8.45. The summed E-state index contributed by atoms with van der Waals surface area (Å²) in [6.07, 6.45) is -1.99. The van der Waals surface area contributed by atoms with Crippen molar-refractivity contribution in [1.29, 1.82) is 0 Å². The summed E-state index contributed by atoms with van der Waals surface area (Å²) in [5.41, 5.74) is 5.37. The summed E-state index contributed by atoms with van der Waals surface area (Å²) in [6, 6.07) is -4.23. The third-order valence-corrected chi connectivity index (χ3v) is 3.00. The lowest BCUT2D eigenvalue weighted by Gasteiger charge is -2.22. The molecule has 0 spiro atoms. The number of thiol groups is 1. The Morgan fingerprint density at radius 3 is 1.95 bits per heavy atom. The van der Waals surface area contributed by atoms with E-state index < -0.39 is 54.4 Å². The number of hydrogen-bond acceptors (Lipinski definition) is 7. The van der Waals surface area contributed by atoms with Crippen molar-refractivity contribution in [2.75, 3.05) is 5.75 Å². The third kappa shape index (κ3) is 6.74. The minimum Gasteiger partial charge on any atom is -0.481 e. The summed E-state index contributed by atoms with van der Waals surface area (Å²) in [7, 11) is 0. The van der Waals surface area contributed by atoms with Gasteiger partial charge in [-0.2, -0.15) is 12.6 Å². The molecule has 7 N–H and O–H groups in total. The molecule has 0 saturated carbocycles. The van der Waals surface area contributed by atoms with E-state index in [-0.39, 0.29) is 5.75 Å². The van der Waals surface area contributed by atoms with Gasteiger partial charge >= 0.3 is 11.9 Å². The van der Waals surface area contributed by atoms with E-state index in [4.69, 9.17) is 15.9 Å². The zero-order valence-corrected chi connectivity index (χ0v) is 12.6. The Morgan fingerprint density at radius 1 is 1.09 bits per heavy atom. The smallest absolute Gasteiger partial charge is 0.327 e. The predicted octanol–water partition coefficient (Wildman–Crippen LogP) is -2.85. The number of carbonyl (C=O) groups excluding carboxylic acids is 2. The van der Waals surface area contributed by atoms with Gasteiger partial charge in [0.25, 0.3) is 0 Å². The maximum atomic E-state index is 11.9. The molecule has 2 amide bonds. The lowest BCUT2D eigenvalue weighted by Crippen LogP contribution is -2.57. The number of rotatable bonds is 9. The Bertz CT molecular complexity index is 443. The minimum absolute atomic E-state index is 0.220. The van der Waals surface area contributed by atoms with Gasteiger partial charge in [0.2, 0.25) is 11.8 Å². The van der Waals surface area contributed by atoms with E-state index >= 15 is 0 Å². The molecule has 0 aliphatic carbocycles. The number of nitrogens with two attached hydrogens (primary N) is 1. The van der Waals surface area contributed by atoms with Crippen molar-refractivity contribution in [2.24, 2.45) is 5.73 Å². The highest BCUT2D eigenvalue weighted by Crippen LogP contribution is 1.99. The SMILES string of the molecule is CC(O)C(N)C(=O)NC(CC(=O)O)C(=O)NC(CS)C(=O)O. The van der Waals surface area contributed by atoms with E-state index in [1.165, 1.54) is 6.92 Å². The van der Waals surface area contributed by atoms with Crippen LogP contribution in [0.4, 0.5) is 0 Å². The standard InChI is InChI=1S/C11H19N3O7S/c1-4(15)8(12)10(19)13-5(2-7(16)17)9(18)14-6(3-22)11(20)21/h4-6,8,15,22H,2-3,12H2,1H3,(H,13,19)(H,14,18)(H,16,17)(H,20,21). The molecule has 4 unspecified atom stereocenters. The van der Waals surface area contributed by atoms with Crippen LogP contribution in [0.1, 0.15) is 13.3 Å². The van der Waals surface area contributed by atoms with Gasteiger partial charge in [-0.25, -0.2) is 4.79 Å². The summed E-state index contributed by atoms with van der Waals surface area (Å²) in [4.78, 5) is 45.1. The zero-order chi connectivity index (χ0) is 17.4. The maximum Gasteiger partial charge on any atom is 0.327 e. The van der Waals surface area contributed by atoms with Gasteiger partial charge in [-0.1, -0.05) is 0 Å². The van der Waals surface area contributed by atoms with Crippen LogP contribution in [0.3, 0.4) is 0 Å². The molecular weight excluding hydrogens is 318 g/mol. The number of carboxylic acids is 2. The van der Waals surface area contributed by atoms with Crippen molar-refractivity contribution in [3.05, 3.63) is 0 Å². The van der Waals surface area contributed by atoms with E-state index in [2.05, 4.69) is 17.9 Å². The van der Waals surface area contributed by atoms with Gasteiger partial charge in [0.1, 0.15) is 18.1 Å². The maximum absolute atomic E-state index is 11.9. The fourth-order valence-electron chi connectivity index (χ4n) is 1.33. The van der Waals surface area contributed by atoms with Crippen molar-refractivity contribution in [2.45, 2.75) is 37.6 Å². The Morgan fingerprint density at radius 2 is 1.59 bits per heavy atom. The summed E-state index contributed by atoms with van der Waals surface area (Å²) in [5, 5.41) is 30.9. The molecule has 22 heavy (non-hydrogen) atoms. The van der Waals surface area contributed by atoms with Crippen LogP contribution in [0.2, 0.25) is 0 Å². The number of aliphatic hydroxyl groups excluding tert-OH is 1. The van der Waals surface area contributed by atoms with Crippen molar-refractivity contribution in [3.63, 3.8) is 0 Å². The first-order chi connectivity index (χ1) is 10.1. The van der Waals surface area contributed by atoms with Crippen LogP contribution in [-0.4, -0.2) is 69.1 Å². The summed E-state index contributed by atoms with van der Waals surface area (Å²) in [6.45, 7) is 1.25. The number of hydrogen-bond donors (Lipinski definition) is 7. The van der Waals surface area contributed by atoms with Crippen LogP contribution >= 0.6 is 12.6 Å². The van der Waals surface area contributed by atoms with Crippen LogP contribution in [0.25, 0.3) is 0 Å². The van der Waals surface area contributed by atoms with Gasteiger partial charge < -0.3 is 31.7 Å². The van der Waals surface area contributed by atoms with Gasteiger partial charge in [-0.3, -0.25) is 14.4 Å². The van der Waals surface area contributed by atoms with E-state index in [1.807, 2.05) is 5.32 Å². The molecule has 11 heteroatoms. The summed E-state index contributed by atoms with van der Waals surface area (Å²) < 4.78 is 0. The molecule has 0 aromatic carbocycles. The molecule has 0 rings (SSSR count). The fourth-order valence-corrected chi connectivity index (χ4v) is 1.58. The van der Waals surface area contributed by atoms with E-state index in [9.17, 15) is 24.3 Å². The normalized spacial score (nSPS) is 16.0. The molecule has 0 aromatic heterocycles. The highest BCUT2D eigenvalue weighted by molar-refractivity contribution is 7.80. The summed E-state index contributed by atoms with van der Waals surface area (Å²) >= 11 is 3.75. The Labute approximate surface area is 131 Å². The highest BCUT2D eigenvalue weighted by atomic mass is 32.1. The van der Waals surface area contributed by atoms with Gasteiger partial charge in [0.15, 0.2) is 0 Å². The van der Waals surface area contributed by atoms with E-state index in [0.717, 1.165) is 0 Å². The molecule has 0 saturated heterocycles. The van der Waals surface area contributed by atoms with E-state index in [0.29, 0.717) is 0 Å². The average molecular weight is 337 g/mol. The van der Waals surface area contributed by atoms with Gasteiger partial charge in [0, 0.05) is 5.75 Å². The summed E-state index contributed by atoms with van der Waals surface area (Å²) in [5.74, 6) is -4.90. The van der Waals surface area contributed by atoms with Crippen LogP contribution < -0.4 is 16.4 Å². The second kappa shape index (κ2) is 9.23. The number of aliphatic hydroxyl groups is 1. The number of amides is 2. The van der Waals surface area contributed by atoms with Gasteiger partial charge in [-0.05, 0) is 6.92 Å². The predicted molar refractivity (Wildman–Crippen MR) is 77.3 cm³/mol. The Balaban J connectivity index is 4.97. The molecule has 0 radical (unpaired) electrons. The van der Waals surface area contributed by atoms with Crippen LogP contribution in [0, 0.1) is 0 Å². The van der Waals surface area contributed by atoms with Crippen molar-refractivity contribution in [3.8, 4) is 0 Å². The number of carboxylic acid groups (broad SMARTS) is 2. The minimum atomic E-state index is -1.53. The van der Waals surface area contributed by atoms with Crippen molar-refractivity contribution in [1.82, 2.24) is 10.6 Å². The lowest BCUT2D eigenvalue weighted by atomic mass is 10.1. The van der Waals surface area contributed by atoms with Crippen molar-refractivity contribution >= 4 is 36.4 Å². The molecule has 0 aromatic rings. The molecule has 0 heterocycles. The third-order valence-electron chi connectivity index (χ3n) is 2.63. The van der Waals surface area contributed by atoms with Crippen molar-refractivity contribution < 1.29 is 34.5 Å². The second-order valence-electron chi connectivity index (χ2n) is 4.51. The lowest BCUT2D eigenvalue weighted by molar-refractivity contribution is -0.143. The van der Waals surface area contributed by atoms with Gasteiger partial charge in [0.05, 0.1) is 12.5 Å². The first kappa shape index (κ1) is 20.1. The number of aliphatic carboxylic acids is 2. The molecular formula is C11H19N3O7S. The molecule has 0 aliphatic heterocycles. The quantitative estimate of drug-likeness (QED) is 0.220. The fraction of sp³-hybridized carbons (Fsp3) is 0.636. The molecule has 10 nitrogen and oxygen atoms in total. The van der Waals surface area contributed by atoms with Crippen LogP contribution in [-0.2, 0) is 19.2 Å². The molecule has 126 valence electrons. The number of carbonyl (C=O) groups is 4. The number of nitrogens with one attached hydrogen (secondary N) is 2. The Hall–Kier alpha value is -1.85. The van der Waals surface area contributed by atoms with Gasteiger partial charge in [-0.15, -0.1) is 0 Å².